The van der Waals surface area contributed by atoms with Crippen LogP contribution in [0, 0.1) is 28.8 Å². The normalized spacial score (nSPS) is 18.5. The van der Waals surface area contributed by atoms with E-state index in [2.05, 4.69) is 10.3 Å². The molecule has 2 atom stereocenters. The van der Waals surface area contributed by atoms with Gasteiger partial charge in [0, 0.05) is 55.6 Å². The molecule has 0 bridgehead atoms. The highest BCUT2D eigenvalue weighted by Gasteiger charge is 2.47. The van der Waals surface area contributed by atoms with E-state index in [1.165, 1.54) is 41.4 Å². The third kappa shape index (κ3) is 6.33. The van der Waals surface area contributed by atoms with E-state index in [9.17, 15) is 37.2 Å². The maximum absolute atomic E-state index is 15.2. The number of rotatable bonds is 8. The van der Waals surface area contributed by atoms with E-state index in [4.69, 9.17) is 0 Å². The van der Waals surface area contributed by atoms with E-state index in [0.29, 0.717) is 6.07 Å². The van der Waals surface area contributed by atoms with Crippen LogP contribution in [0.25, 0.3) is 0 Å². The first-order valence-corrected chi connectivity index (χ1v) is 13.3. The number of anilines is 2. The maximum atomic E-state index is 15.2. The summed E-state index contributed by atoms with van der Waals surface area (Å²) in [6, 6.07) is 8.14. The van der Waals surface area contributed by atoms with Crippen molar-refractivity contribution in [3.8, 4) is 6.07 Å². The molecule has 13 heteroatoms. The second-order valence-corrected chi connectivity index (χ2v) is 10.5. The Balaban J connectivity index is 1.55. The first kappa shape index (κ1) is 29.6. The molecule has 1 aromatic heterocycles. The molecular formula is C30H24F5N5O3. The molecular weight excluding hydrogens is 573 g/mol. The SMILES string of the molecule is N#Cc1ccnc(N2C(=O)CC[C@H]2CC(=O)N(c2cc(F)cc(F)c2)[C@H](C(=O)NC2CC(F)(F)C2)c2ccccc2F)c1. The van der Waals surface area contributed by atoms with Crippen LogP contribution in [0.2, 0.25) is 0 Å². The number of carbonyl (C=O) groups excluding carboxylic acids is 3. The number of nitriles is 1. The van der Waals surface area contributed by atoms with E-state index in [0.717, 1.165) is 23.1 Å². The molecule has 2 aromatic carbocycles. The number of amides is 3. The summed E-state index contributed by atoms with van der Waals surface area (Å²) in [6.07, 6.45) is -0.302. The van der Waals surface area contributed by atoms with Crippen molar-refractivity contribution >= 4 is 29.2 Å². The molecule has 8 nitrogen and oxygen atoms in total. The average Bonchev–Trinajstić information content (AvgIpc) is 3.29. The molecule has 2 heterocycles. The molecule has 1 saturated carbocycles. The fourth-order valence-corrected chi connectivity index (χ4v) is 5.42. The molecule has 1 aliphatic heterocycles. The standard InChI is InChI=1S/C30H24F5N5O3/c31-18-10-19(32)12-22(11-18)40(27(42)13-21-5-6-26(41)39(21)25-9-17(16-36)7-8-37-25)28(23-3-1-2-4-24(23)33)29(43)38-20-14-30(34,35)15-20/h1-4,7-12,20-21,28H,5-6,13-15H2,(H,38,43)/t21-,28-/m0/s1. The van der Waals surface area contributed by atoms with Crippen molar-refractivity contribution in [1.29, 1.82) is 5.26 Å². The van der Waals surface area contributed by atoms with Gasteiger partial charge in [0.15, 0.2) is 0 Å². The third-order valence-corrected chi connectivity index (χ3v) is 7.39. The molecule has 0 unspecified atom stereocenters. The summed E-state index contributed by atoms with van der Waals surface area (Å²) >= 11 is 0. The van der Waals surface area contributed by atoms with Gasteiger partial charge in [-0.3, -0.25) is 24.2 Å². The number of alkyl halides is 2. The second kappa shape index (κ2) is 11.8. The van der Waals surface area contributed by atoms with E-state index in [-0.39, 0.29) is 29.8 Å². The zero-order chi connectivity index (χ0) is 30.9. The quantitative estimate of drug-likeness (QED) is 0.370. The van der Waals surface area contributed by atoms with Crippen LogP contribution in [0.15, 0.2) is 60.8 Å². The number of hydrogen-bond donors (Lipinski definition) is 1. The van der Waals surface area contributed by atoms with Crippen molar-refractivity contribution < 1.29 is 36.3 Å². The van der Waals surface area contributed by atoms with E-state index >= 15 is 4.39 Å². The zero-order valence-electron chi connectivity index (χ0n) is 22.4. The maximum Gasteiger partial charge on any atom is 0.252 e. The molecule has 2 aliphatic rings. The highest BCUT2D eigenvalue weighted by Crippen LogP contribution is 2.39. The number of aromatic nitrogens is 1. The minimum atomic E-state index is -3.00. The van der Waals surface area contributed by atoms with E-state index in [1.54, 1.807) is 0 Å². The van der Waals surface area contributed by atoms with Gasteiger partial charge in [-0.1, -0.05) is 18.2 Å². The van der Waals surface area contributed by atoms with Crippen LogP contribution in [0.3, 0.4) is 0 Å². The summed E-state index contributed by atoms with van der Waals surface area (Å²) in [6.45, 7) is 0. The van der Waals surface area contributed by atoms with Crippen molar-refractivity contribution in [3.63, 3.8) is 0 Å². The number of carbonyl (C=O) groups is 3. The van der Waals surface area contributed by atoms with Crippen molar-refractivity contribution in [2.24, 2.45) is 0 Å². The Kier molecular flexibility index (Phi) is 8.12. The lowest BCUT2D eigenvalue weighted by Gasteiger charge is -2.38. The van der Waals surface area contributed by atoms with Crippen molar-refractivity contribution in [3.05, 3.63) is 89.4 Å². The Labute approximate surface area is 242 Å². The third-order valence-electron chi connectivity index (χ3n) is 7.39. The molecule has 1 aliphatic carbocycles. The van der Waals surface area contributed by atoms with E-state index < -0.39 is 84.2 Å². The molecule has 3 amide bonds. The van der Waals surface area contributed by atoms with Gasteiger partial charge in [-0.25, -0.2) is 26.9 Å². The van der Waals surface area contributed by atoms with Gasteiger partial charge < -0.3 is 5.32 Å². The molecule has 222 valence electrons. The number of pyridine rings is 1. The minimum Gasteiger partial charge on any atom is -0.351 e. The number of nitrogens with zero attached hydrogens (tertiary/aromatic N) is 4. The lowest BCUT2D eigenvalue weighted by atomic mass is 9.87. The molecule has 1 N–H and O–H groups in total. The Morgan fingerprint density at radius 1 is 1.09 bits per heavy atom. The van der Waals surface area contributed by atoms with Crippen molar-refractivity contribution in [2.75, 3.05) is 9.80 Å². The Morgan fingerprint density at radius 3 is 2.44 bits per heavy atom. The van der Waals surface area contributed by atoms with Crippen LogP contribution in [-0.2, 0) is 14.4 Å². The molecule has 3 aromatic rings. The second-order valence-electron chi connectivity index (χ2n) is 10.5. The number of hydrogen-bond acceptors (Lipinski definition) is 5. The van der Waals surface area contributed by atoms with Gasteiger partial charge in [0.05, 0.1) is 17.3 Å². The predicted molar refractivity (Wildman–Crippen MR) is 143 cm³/mol. The smallest absolute Gasteiger partial charge is 0.252 e. The lowest BCUT2D eigenvalue weighted by molar-refractivity contribution is -0.133. The van der Waals surface area contributed by atoms with Gasteiger partial charge in [0.1, 0.15) is 29.3 Å². The zero-order valence-corrected chi connectivity index (χ0v) is 22.4. The molecule has 0 spiro atoms. The highest BCUT2D eigenvalue weighted by molar-refractivity contribution is 6.03. The molecule has 0 radical (unpaired) electrons. The monoisotopic (exact) mass is 597 g/mol. The number of halogens is 5. The Hall–Kier alpha value is -4.86. The lowest BCUT2D eigenvalue weighted by Crippen LogP contribution is -2.54. The topological polar surface area (TPSA) is 106 Å². The average molecular weight is 598 g/mol. The minimum absolute atomic E-state index is 0.0259. The largest absolute Gasteiger partial charge is 0.351 e. The summed E-state index contributed by atoms with van der Waals surface area (Å²) < 4.78 is 71.2. The first-order valence-electron chi connectivity index (χ1n) is 13.3. The van der Waals surface area contributed by atoms with E-state index in [1.807, 2.05) is 6.07 Å². The van der Waals surface area contributed by atoms with Crippen molar-refractivity contribution in [2.45, 2.75) is 56.2 Å². The van der Waals surface area contributed by atoms with Crippen LogP contribution in [0.4, 0.5) is 33.5 Å². The predicted octanol–water partition coefficient (Wildman–Crippen LogP) is 4.94. The van der Waals surface area contributed by atoms with Crippen LogP contribution in [-0.4, -0.2) is 40.7 Å². The van der Waals surface area contributed by atoms with Gasteiger partial charge in [0.2, 0.25) is 17.7 Å². The van der Waals surface area contributed by atoms with Crippen LogP contribution in [0.1, 0.15) is 49.3 Å². The summed E-state index contributed by atoms with van der Waals surface area (Å²) in [7, 11) is 0. The number of nitrogens with one attached hydrogen (secondary N) is 1. The summed E-state index contributed by atoms with van der Waals surface area (Å²) in [5.74, 6) is -8.33. The van der Waals surface area contributed by atoms with Gasteiger partial charge in [0.25, 0.3) is 5.92 Å². The molecule has 1 saturated heterocycles. The molecule has 2 fully saturated rings. The summed E-state index contributed by atoms with van der Waals surface area (Å²) in [5, 5.41) is 11.7. The van der Waals surface area contributed by atoms with Gasteiger partial charge >= 0.3 is 0 Å². The van der Waals surface area contributed by atoms with Gasteiger partial charge in [-0.15, -0.1) is 0 Å². The molecule has 5 rings (SSSR count). The Bertz CT molecular complexity index is 1600. The number of benzene rings is 2. The fourth-order valence-electron chi connectivity index (χ4n) is 5.42. The van der Waals surface area contributed by atoms with Crippen molar-refractivity contribution in [1.82, 2.24) is 10.3 Å². The highest BCUT2D eigenvalue weighted by atomic mass is 19.3. The van der Waals surface area contributed by atoms with Crippen LogP contribution >= 0.6 is 0 Å². The summed E-state index contributed by atoms with van der Waals surface area (Å²) in [5.41, 5.74) is -0.554. The first-order chi connectivity index (χ1) is 20.5. The summed E-state index contributed by atoms with van der Waals surface area (Å²) in [4.78, 5) is 46.6. The Morgan fingerprint density at radius 2 is 1.79 bits per heavy atom. The van der Waals surface area contributed by atoms with Crippen LogP contribution < -0.4 is 15.1 Å². The van der Waals surface area contributed by atoms with Gasteiger partial charge in [-0.2, -0.15) is 5.26 Å². The fraction of sp³-hybridized carbons (Fsp3) is 0.300. The van der Waals surface area contributed by atoms with Gasteiger partial charge in [-0.05, 0) is 36.8 Å². The molecule has 43 heavy (non-hydrogen) atoms. The van der Waals surface area contributed by atoms with Crippen LogP contribution in [0.5, 0.6) is 0 Å².